The van der Waals surface area contributed by atoms with Crippen molar-refractivity contribution in [3.63, 3.8) is 0 Å². The summed E-state index contributed by atoms with van der Waals surface area (Å²) in [6.07, 6.45) is 7.89. The fourth-order valence-corrected chi connectivity index (χ4v) is 9.34. The lowest BCUT2D eigenvalue weighted by Crippen LogP contribution is -2.56. The second-order valence-electron chi connectivity index (χ2n) is 18.6. The number of aromatic nitrogens is 5. The van der Waals surface area contributed by atoms with Gasteiger partial charge in [-0.2, -0.15) is 0 Å². The molecule has 394 valence electrons. The molecule has 8 rings (SSSR count). The summed E-state index contributed by atoms with van der Waals surface area (Å²) in [4.78, 5) is 65.5. The molecule has 20 heteroatoms. The second kappa shape index (κ2) is 26.8. The Morgan fingerprint density at radius 3 is 2.35 bits per heavy atom. The smallest absolute Gasteiger partial charge is 0.254 e. The Balaban J connectivity index is 0.601. The number of methoxy groups -OCH3 is 1. The van der Waals surface area contributed by atoms with Gasteiger partial charge in [0.2, 0.25) is 11.8 Å². The molecule has 0 aliphatic carbocycles. The van der Waals surface area contributed by atoms with E-state index in [4.69, 9.17) is 23.7 Å². The number of carbonyl (C=O) groups is 4. The molecule has 5 heterocycles. The average molecular weight is 1020 g/mol. The molecule has 0 radical (unpaired) electrons. The van der Waals surface area contributed by atoms with Crippen LogP contribution in [0.15, 0.2) is 85.3 Å². The number of rotatable bonds is 27. The van der Waals surface area contributed by atoms with Gasteiger partial charge in [-0.3, -0.25) is 19.2 Å². The van der Waals surface area contributed by atoms with Crippen LogP contribution in [0.2, 0.25) is 0 Å². The predicted octanol–water partition coefficient (Wildman–Crippen LogP) is 5.31. The van der Waals surface area contributed by atoms with Gasteiger partial charge in [0, 0.05) is 88.6 Å². The van der Waals surface area contributed by atoms with Crippen molar-refractivity contribution in [2.45, 2.75) is 83.3 Å². The first-order chi connectivity index (χ1) is 36.1. The largest absolute Gasteiger partial charge is 0.494 e. The van der Waals surface area contributed by atoms with Crippen molar-refractivity contribution in [3.8, 4) is 17.3 Å². The minimum absolute atomic E-state index is 0.0365. The van der Waals surface area contributed by atoms with Crippen LogP contribution >= 0.6 is 0 Å². The first-order valence-electron chi connectivity index (χ1n) is 25.7. The molecule has 74 heavy (non-hydrogen) atoms. The number of carbonyl (C=O) groups excluding carboxylic acids is 4. The highest BCUT2D eigenvalue weighted by Crippen LogP contribution is 2.32. The first kappa shape index (κ1) is 53.3. The van der Waals surface area contributed by atoms with E-state index in [0.29, 0.717) is 127 Å². The van der Waals surface area contributed by atoms with E-state index in [1.54, 1.807) is 25.4 Å². The van der Waals surface area contributed by atoms with Crippen LogP contribution in [0, 0.1) is 0 Å². The number of benzene rings is 3. The molecule has 3 aliphatic heterocycles. The molecule has 3 aromatic carbocycles. The summed E-state index contributed by atoms with van der Waals surface area (Å²) in [6.45, 7) is 9.04. The lowest BCUT2D eigenvalue weighted by molar-refractivity contribution is -0.133. The lowest BCUT2D eigenvalue weighted by Gasteiger charge is -2.37. The molecule has 2 saturated heterocycles. The van der Waals surface area contributed by atoms with Crippen LogP contribution in [0.3, 0.4) is 0 Å². The molecular weight excluding hydrogens is 947 g/mol. The lowest BCUT2D eigenvalue weighted by atomic mass is 10.0. The molecule has 3 N–H and O–H groups in total. The summed E-state index contributed by atoms with van der Waals surface area (Å²) in [5.74, 6) is 1.98. The van der Waals surface area contributed by atoms with Gasteiger partial charge in [-0.25, -0.2) is 9.97 Å². The van der Waals surface area contributed by atoms with E-state index in [1.165, 1.54) is 6.33 Å². The van der Waals surface area contributed by atoms with E-state index in [9.17, 15) is 19.2 Å². The first-order valence-corrected chi connectivity index (χ1v) is 25.7. The van der Waals surface area contributed by atoms with Crippen molar-refractivity contribution in [2.75, 3.05) is 89.8 Å². The standard InChI is InChI=1S/C54H69N11O9/c1-38(58-52(68)40-9-8-10-42(33-40)56-35-48-60-61-51(62(48)2)46-19-21-55-37-57-46)39-11-14-44(15-12-39)74-27-7-5-4-6-26-71-29-31-73-32-30-72-28-20-50(67)64-24-22-63(23-25-64)43-13-16-45-41(34-43)36-65(54(45)69)47-17-18-49(66)59-53(47)70-3/h8-16,19,21,33-34,37-38,47,53,56H,4-7,17-18,20,22-32,35-36H2,1-3H3,(H,58,68)(H,59,66)/t38-,47?,53?/m1/s1. The van der Waals surface area contributed by atoms with Gasteiger partial charge in [0.15, 0.2) is 11.6 Å². The molecule has 0 saturated carbocycles. The van der Waals surface area contributed by atoms with Gasteiger partial charge < -0.3 is 58.9 Å². The van der Waals surface area contributed by atoms with E-state index in [1.807, 2.05) is 82.9 Å². The van der Waals surface area contributed by atoms with Gasteiger partial charge >= 0.3 is 0 Å². The number of piperazine rings is 1. The van der Waals surface area contributed by atoms with Gasteiger partial charge in [-0.05, 0) is 98.3 Å². The second-order valence-corrected chi connectivity index (χ2v) is 18.6. The van der Waals surface area contributed by atoms with Gasteiger partial charge in [0.1, 0.15) is 24.0 Å². The SMILES string of the molecule is COC1NC(=O)CCC1N1Cc2cc(N3CCN(C(=O)CCOCCOCCOCCCCCCOc4ccc([C@@H](C)NC(=O)c5cccc(NCc6nnc(-c7ccncn7)n6C)c5)cc4)CC3)ccc2C1=O. The highest BCUT2D eigenvalue weighted by Gasteiger charge is 2.40. The van der Waals surface area contributed by atoms with E-state index in [0.717, 1.165) is 59.8 Å². The summed E-state index contributed by atoms with van der Waals surface area (Å²) < 4.78 is 30.4. The predicted molar refractivity (Wildman–Crippen MR) is 276 cm³/mol. The summed E-state index contributed by atoms with van der Waals surface area (Å²) in [6, 6.07) is 22.5. The Morgan fingerprint density at radius 1 is 0.838 bits per heavy atom. The molecule has 3 aliphatic rings. The third kappa shape index (κ3) is 14.4. The number of unbranched alkanes of at least 4 members (excludes halogenated alkanes) is 3. The van der Waals surface area contributed by atoms with Crippen molar-refractivity contribution in [2.24, 2.45) is 7.05 Å². The molecule has 20 nitrogen and oxygen atoms in total. The summed E-state index contributed by atoms with van der Waals surface area (Å²) in [5.41, 5.74) is 5.70. The molecule has 4 amide bonds. The van der Waals surface area contributed by atoms with Crippen molar-refractivity contribution in [1.82, 2.24) is 45.2 Å². The number of hydrogen-bond acceptors (Lipinski definition) is 15. The fraction of sp³-hybridized carbons (Fsp3) is 0.481. The molecule has 2 fully saturated rings. The zero-order valence-electron chi connectivity index (χ0n) is 42.7. The Morgan fingerprint density at radius 2 is 1.59 bits per heavy atom. The van der Waals surface area contributed by atoms with Crippen molar-refractivity contribution < 1.29 is 42.9 Å². The number of piperidine rings is 1. The van der Waals surface area contributed by atoms with Crippen LogP contribution in [-0.4, -0.2) is 150 Å². The van der Waals surface area contributed by atoms with E-state index < -0.39 is 6.23 Å². The van der Waals surface area contributed by atoms with Crippen molar-refractivity contribution in [1.29, 1.82) is 0 Å². The Hall–Kier alpha value is -7.00. The molecule has 2 unspecified atom stereocenters. The third-order valence-electron chi connectivity index (χ3n) is 13.6. The highest BCUT2D eigenvalue weighted by atomic mass is 16.5. The number of fused-ring (bicyclic) bond motifs is 1. The van der Waals surface area contributed by atoms with E-state index in [-0.39, 0.29) is 35.7 Å². The number of amides is 4. The molecule has 3 atom stereocenters. The topological polar surface area (TPSA) is 217 Å². The van der Waals surface area contributed by atoms with Crippen LogP contribution in [0.25, 0.3) is 11.5 Å². The summed E-state index contributed by atoms with van der Waals surface area (Å²) in [7, 11) is 3.43. The van der Waals surface area contributed by atoms with Crippen molar-refractivity contribution in [3.05, 3.63) is 113 Å². The Bertz CT molecular complexity index is 2630. The monoisotopic (exact) mass is 1020 g/mol. The van der Waals surface area contributed by atoms with Crippen LogP contribution in [0.5, 0.6) is 5.75 Å². The molecule has 2 aromatic heterocycles. The van der Waals surface area contributed by atoms with Crippen molar-refractivity contribution >= 4 is 35.0 Å². The normalized spacial score (nSPS) is 17.0. The van der Waals surface area contributed by atoms with Crippen LogP contribution < -0.4 is 25.6 Å². The Kier molecular flexibility index (Phi) is 19.3. The van der Waals surface area contributed by atoms with E-state index in [2.05, 4.69) is 47.1 Å². The minimum Gasteiger partial charge on any atom is -0.494 e. The third-order valence-corrected chi connectivity index (χ3v) is 13.6. The maximum atomic E-state index is 13.3. The Labute approximate surface area is 432 Å². The molecule has 0 bridgehead atoms. The highest BCUT2D eigenvalue weighted by molar-refractivity contribution is 5.99. The van der Waals surface area contributed by atoms with Crippen LogP contribution in [-0.2, 0) is 48.7 Å². The maximum absolute atomic E-state index is 13.3. The van der Waals surface area contributed by atoms with Gasteiger partial charge in [0.25, 0.3) is 11.8 Å². The van der Waals surface area contributed by atoms with Gasteiger partial charge in [0.05, 0.1) is 64.7 Å². The summed E-state index contributed by atoms with van der Waals surface area (Å²) >= 11 is 0. The molecule has 5 aromatic rings. The number of anilines is 2. The number of nitrogens with one attached hydrogen (secondary N) is 3. The zero-order valence-corrected chi connectivity index (χ0v) is 42.7. The quantitative estimate of drug-likeness (QED) is 0.0569. The summed E-state index contributed by atoms with van der Waals surface area (Å²) in [5, 5.41) is 17.9. The van der Waals surface area contributed by atoms with Crippen LogP contribution in [0.1, 0.15) is 95.6 Å². The van der Waals surface area contributed by atoms with Gasteiger partial charge in [-0.15, -0.1) is 10.2 Å². The van der Waals surface area contributed by atoms with Gasteiger partial charge in [-0.1, -0.05) is 24.6 Å². The molecule has 0 spiro atoms. The average Bonchev–Trinajstić information content (AvgIpc) is 3.97. The number of nitrogens with zero attached hydrogens (tertiary/aromatic N) is 8. The van der Waals surface area contributed by atoms with E-state index >= 15 is 0 Å². The molecular formula is C54H69N11O9. The zero-order chi connectivity index (χ0) is 51.7. The minimum atomic E-state index is -0.518. The maximum Gasteiger partial charge on any atom is 0.254 e. The van der Waals surface area contributed by atoms with Crippen LogP contribution in [0.4, 0.5) is 11.4 Å². The number of ether oxygens (including phenoxy) is 5. The number of hydrogen-bond donors (Lipinski definition) is 3. The fourth-order valence-electron chi connectivity index (χ4n) is 9.34.